The zero-order valence-electron chi connectivity index (χ0n) is 13.3. The fraction of sp³-hybridized carbons (Fsp3) is 1.00. The lowest BCUT2D eigenvalue weighted by molar-refractivity contribution is -0.0387. The highest BCUT2D eigenvalue weighted by Gasteiger charge is 2.29. The molecule has 0 radical (unpaired) electrons. The fourth-order valence-electron chi connectivity index (χ4n) is 2.84. The Morgan fingerprint density at radius 3 is 2.58 bits per heavy atom. The van der Waals surface area contributed by atoms with Gasteiger partial charge in [0.15, 0.2) is 0 Å². The number of hydrogen-bond acceptors (Lipinski definition) is 3. The first-order chi connectivity index (χ1) is 9.17. The largest absolute Gasteiger partial charge is 0.379 e. The molecule has 0 heterocycles. The third kappa shape index (κ3) is 6.73. The van der Waals surface area contributed by atoms with E-state index in [0.29, 0.717) is 18.1 Å². The summed E-state index contributed by atoms with van der Waals surface area (Å²) in [6, 6.07) is 0.540. The average Bonchev–Trinajstić information content (AvgIpc) is 2.40. The van der Waals surface area contributed by atoms with E-state index in [9.17, 15) is 0 Å². The second-order valence-electron chi connectivity index (χ2n) is 6.13. The number of nitrogens with one attached hydrogen (secondary N) is 1. The van der Waals surface area contributed by atoms with E-state index in [4.69, 9.17) is 9.47 Å². The summed E-state index contributed by atoms with van der Waals surface area (Å²) in [6.07, 6.45) is 5.46. The zero-order valence-corrected chi connectivity index (χ0v) is 13.3. The van der Waals surface area contributed by atoms with E-state index >= 15 is 0 Å². The standard InChI is InChI=1S/C16H33NO2/c1-5-14-7-8-15(17-6-2)16(11-14)19-10-9-18-12-13(3)4/h13-17H,5-12H2,1-4H3. The van der Waals surface area contributed by atoms with Gasteiger partial charge in [0.25, 0.3) is 0 Å². The van der Waals surface area contributed by atoms with E-state index in [1.54, 1.807) is 0 Å². The maximum atomic E-state index is 6.07. The summed E-state index contributed by atoms with van der Waals surface area (Å²) in [5, 5.41) is 3.57. The zero-order chi connectivity index (χ0) is 14.1. The Kier molecular flexibility index (Phi) is 8.67. The Labute approximate surface area is 119 Å². The van der Waals surface area contributed by atoms with Crippen molar-refractivity contribution in [3.63, 3.8) is 0 Å². The third-order valence-electron chi connectivity index (χ3n) is 3.95. The predicted octanol–water partition coefficient (Wildman–Crippen LogP) is 3.23. The van der Waals surface area contributed by atoms with Crippen LogP contribution in [-0.2, 0) is 9.47 Å². The smallest absolute Gasteiger partial charge is 0.0731 e. The van der Waals surface area contributed by atoms with Gasteiger partial charge < -0.3 is 14.8 Å². The van der Waals surface area contributed by atoms with E-state index in [-0.39, 0.29) is 0 Å². The third-order valence-corrected chi connectivity index (χ3v) is 3.95. The number of rotatable bonds is 9. The molecule has 3 nitrogen and oxygen atoms in total. The second kappa shape index (κ2) is 9.73. The topological polar surface area (TPSA) is 30.5 Å². The van der Waals surface area contributed by atoms with E-state index in [2.05, 4.69) is 33.0 Å². The minimum Gasteiger partial charge on any atom is -0.379 e. The molecular formula is C16H33NO2. The summed E-state index contributed by atoms with van der Waals surface area (Å²) in [4.78, 5) is 0. The molecule has 0 aromatic carbocycles. The first-order valence-corrected chi connectivity index (χ1v) is 8.10. The van der Waals surface area contributed by atoms with Crippen molar-refractivity contribution < 1.29 is 9.47 Å². The highest BCUT2D eigenvalue weighted by atomic mass is 16.5. The molecule has 1 aliphatic rings. The molecule has 19 heavy (non-hydrogen) atoms. The van der Waals surface area contributed by atoms with Crippen LogP contribution in [0.5, 0.6) is 0 Å². The van der Waals surface area contributed by atoms with Crippen LogP contribution in [0.3, 0.4) is 0 Å². The Bertz CT molecular complexity index is 221. The molecule has 0 aromatic rings. The van der Waals surface area contributed by atoms with E-state index < -0.39 is 0 Å². The van der Waals surface area contributed by atoms with Gasteiger partial charge in [0, 0.05) is 12.6 Å². The van der Waals surface area contributed by atoms with Crippen LogP contribution in [0.2, 0.25) is 0 Å². The first kappa shape index (κ1) is 16.9. The van der Waals surface area contributed by atoms with E-state index in [0.717, 1.165) is 32.3 Å². The minimum absolute atomic E-state index is 0.376. The van der Waals surface area contributed by atoms with Gasteiger partial charge in [-0.25, -0.2) is 0 Å². The first-order valence-electron chi connectivity index (χ1n) is 8.10. The number of likely N-dealkylation sites (N-methyl/N-ethyl adjacent to an activating group) is 1. The molecule has 114 valence electrons. The van der Waals surface area contributed by atoms with Crippen molar-refractivity contribution in [3.05, 3.63) is 0 Å². The Morgan fingerprint density at radius 2 is 1.95 bits per heavy atom. The lowest BCUT2D eigenvalue weighted by Gasteiger charge is -2.36. The molecule has 0 bridgehead atoms. The monoisotopic (exact) mass is 271 g/mol. The van der Waals surface area contributed by atoms with Crippen molar-refractivity contribution in [2.45, 2.75) is 65.5 Å². The maximum Gasteiger partial charge on any atom is 0.0731 e. The maximum absolute atomic E-state index is 6.07. The number of hydrogen-bond donors (Lipinski definition) is 1. The van der Waals surface area contributed by atoms with Crippen LogP contribution in [0.25, 0.3) is 0 Å². The van der Waals surface area contributed by atoms with Crippen molar-refractivity contribution in [2.24, 2.45) is 11.8 Å². The quantitative estimate of drug-likeness (QED) is 0.653. The van der Waals surface area contributed by atoms with Crippen molar-refractivity contribution >= 4 is 0 Å². The van der Waals surface area contributed by atoms with Crippen molar-refractivity contribution in [2.75, 3.05) is 26.4 Å². The highest BCUT2D eigenvalue weighted by molar-refractivity contribution is 4.85. The number of ether oxygens (including phenoxy) is 2. The summed E-state index contributed by atoms with van der Waals surface area (Å²) < 4.78 is 11.7. The molecule has 1 N–H and O–H groups in total. The normalized spacial score (nSPS) is 27.9. The summed E-state index contributed by atoms with van der Waals surface area (Å²) in [7, 11) is 0. The summed E-state index contributed by atoms with van der Waals surface area (Å²) in [5.41, 5.74) is 0. The Balaban J connectivity index is 2.25. The molecule has 0 aromatic heterocycles. The van der Waals surface area contributed by atoms with Crippen LogP contribution >= 0.6 is 0 Å². The lowest BCUT2D eigenvalue weighted by atomic mass is 9.82. The van der Waals surface area contributed by atoms with Gasteiger partial charge in [-0.3, -0.25) is 0 Å². The highest BCUT2D eigenvalue weighted by Crippen LogP contribution is 2.28. The molecule has 0 aliphatic heterocycles. The molecule has 1 saturated carbocycles. The van der Waals surface area contributed by atoms with Crippen LogP contribution in [-0.4, -0.2) is 38.5 Å². The van der Waals surface area contributed by atoms with Gasteiger partial charge in [0.2, 0.25) is 0 Å². The van der Waals surface area contributed by atoms with Gasteiger partial charge >= 0.3 is 0 Å². The fourth-order valence-corrected chi connectivity index (χ4v) is 2.84. The molecular weight excluding hydrogens is 238 g/mol. The molecule has 3 heteroatoms. The van der Waals surface area contributed by atoms with Crippen LogP contribution in [0.1, 0.15) is 53.4 Å². The Morgan fingerprint density at radius 1 is 1.16 bits per heavy atom. The molecule has 0 amide bonds. The molecule has 3 unspecified atom stereocenters. The minimum atomic E-state index is 0.376. The predicted molar refractivity (Wildman–Crippen MR) is 80.5 cm³/mol. The van der Waals surface area contributed by atoms with Crippen molar-refractivity contribution in [1.82, 2.24) is 5.32 Å². The van der Waals surface area contributed by atoms with Crippen LogP contribution in [0.15, 0.2) is 0 Å². The van der Waals surface area contributed by atoms with Gasteiger partial charge in [-0.05, 0) is 37.6 Å². The average molecular weight is 271 g/mol. The molecule has 1 aliphatic carbocycles. The van der Waals surface area contributed by atoms with E-state index in [1.165, 1.54) is 25.7 Å². The van der Waals surface area contributed by atoms with Crippen LogP contribution in [0.4, 0.5) is 0 Å². The van der Waals surface area contributed by atoms with Gasteiger partial charge in [0.05, 0.1) is 19.3 Å². The molecule has 1 fully saturated rings. The van der Waals surface area contributed by atoms with Crippen LogP contribution in [0, 0.1) is 11.8 Å². The van der Waals surface area contributed by atoms with E-state index in [1.807, 2.05) is 0 Å². The van der Waals surface area contributed by atoms with Gasteiger partial charge in [-0.1, -0.05) is 34.1 Å². The lowest BCUT2D eigenvalue weighted by Crippen LogP contribution is -2.45. The SMILES string of the molecule is CCNC1CCC(CC)CC1OCCOCC(C)C. The summed E-state index contributed by atoms with van der Waals surface area (Å²) in [6.45, 7) is 12.1. The molecule has 0 spiro atoms. The molecule has 0 saturated heterocycles. The van der Waals surface area contributed by atoms with Crippen molar-refractivity contribution in [3.8, 4) is 0 Å². The molecule has 1 rings (SSSR count). The summed E-state index contributed by atoms with van der Waals surface area (Å²) in [5.74, 6) is 1.45. The molecule has 3 atom stereocenters. The summed E-state index contributed by atoms with van der Waals surface area (Å²) >= 11 is 0. The van der Waals surface area contributed by atoms with Gasteiger partial charge in [-0.15, -0.1) is 0 Å². The van der Waals surface area contributed by atoms with Crippen molar-refractivity contribution in [1.29, 1.82) is 0 Å². The van der Waals surface area contributed by atoms with Crippen LogP contribution < -0.4 is 5.32 Å². The second-order valence-corrected chi connectivity index (χ2v) is 6.13. The Hall–Kier alpha value is -0.120. The van der Waals surface area contributed by atoms with Gasteiger partial charge in [0.1, 0.15) is 0 Å². The van der Waals surface area contributed by atoms with Gasteiger partial charge in [-0.2, -0.15) is 0 Å².